The predicted octanol–water partition coefficient (Wildman–Crippen LogP) is 2.83. The Morgan fingerprint density at radius 1 is 1.32 bits per heavy atom. The van der Waals surface area contributed by atoms with Gasteiger partial charge < -0.3 is 14.4 Å². The number of ether oxygens (including phenoxy) is 2. The standard InChI is InChI=1S/C20H28N2O3/c1-15-2-5-17(11-21-15)19(23)22-8-6-20(7-9-22)10-18(25-14-20)13-24-12-16-3-4-16/h2,5,11,16,18H,3-4,6-10,12-14H2,1H3. The summed E-state index contributed by atoms with van der Waals surface area (Å²) >= 11 is 0. The van der Waals surface area contributed by atoms with E-state index in [4.69, 9.17) is 9.47 Å². The molecule has 3 fully saturated rings. The fourth-order valence-electron chi connectivity index (χ4n) is 3.96. The number of nitrogens with zero attached hydrogens (tertiary/aromatic N) is 2. The van der Waals surface area contributed by atoms with Gasteiger partial charge in [-0.15, -0.1) is 0 Å². The van der Waals surface area contributed by atoms with Gasteiger partial charge in [0.25, 0.3) is 5.91 Å². The maximum absolute atomic E-state index is 12.6. The molecule has 5 heteroatoms. The number of carbonyl (C=O) groups is 1. The zero-order valence-corrected chi connectivity index (χ0v) is 15.1. The Morgan fingerprint density at radius 3 is 2.80 bits per heavy atom. The Labute approximate surface area is 149 Å². The van der Waals surface area contributed by atoms with Crippen molar-refractivity contribution in [1.82, 2.24) is 9.88 Å². The Hall–Kier alpha value is -1.46. The first-order chi connectivity index (χ1) is 12.1. The van der Waals surface area contributed by atoms with Crippen LogP contribution in [-0.2, 0) is 9.47 Å². The normalized spacial score (nSPS) is 25.5. The summed E-state index contributed by atoms with van der Waals surface area (Å²) in [5.74, 6) is 0.909. The minimum Gasteiger partial charge on any atom is -0.378 e. The summed E-state index contributed by atoms with van der Waals surface area (Å²) in [4.78, 5) is 18.8. The first-order valence-electron chi connectivity index (χ1n) is 9.55. The fraction of sp³-hybridized carbons (Fsp3) is 0.700. The zero-order valence-electron chi connectivity index (χ0n) is 15.1. The molecule has 1 aliphatic carbocycles. The monoisotopic (exact) mass is 344 g/mol. The number of pyridine rings is 1. The van der Waals surface area contributed by atoms with Crippen molar-refractivity contribution in [1.29, 1.82) is 0 Å². The lowest BCUT2D eigenvalue weighted by atomic mass is 9.76. The average molecular weight is 344 g/mol. The van der Waals surface area contributed by atoms with Crippen LogP contribution in [0.2, 0.25) is 0 Å². The van der Waals surface area contributed by atoms with Crippen LogP contribution >= 0.6 is 0 Å². The number of hydrogen-bond acceptors (Lipinski definition) is 4. The molecule has 3 heterocycles. The van der Waals surface area contributed by atoms with E-state index in [2.05, 4.69) is 4.98 Å². The number of piperidine rings is 1. The molecule has 1 atom stereocenters. The third-order valence-electron chi connectivity index (χ3n) is 5.91. The molecule has 1 amide bonds. The van der Waals surface area contributed by atoms with Gasteiger partial charge in [-0.05, 0) is 62.5 Å². The summed E-state index contributed by atoms with van der Waals surface area (Å²) in [6.45, 7) is 6.01. The van der Waals surface area contributed by atoms with Crippen LogP contribution in [0.25, 0.3) is 0 Å². The van der Waals surface area contributed by atoms with Crippen LogP contribution in [0.15, 0.2) is 18.3 Å². The minimum absolute atomic E-state index is 0.102. The van der Waals surface area contributed by atoms with Gasteiger partial charge in [0.15, 0.2) is 0 Å². The maximum Gasteiger partial charge on any atom is 0.255 e. The van der Waals surface area contributed by atoms with Crippen LogP contribution < -0.4 is 0 Å². The van der Waals surface area contributed by atoms with Crippen molar-refractivity contribution in [2.24, 2.45) is 11.3 Å². The number of hydrogen-bond donors (Lipinski definition) is 0. The van der Waals surface area contributed by atoms with Crippen molar-refractivity contribution in [2.75, 3.05) is 32.9 Å². The molecule has 1 saturated carbocycles. The van der Waals surface area contributed by atoms with Gasteiger partial charge in [-0.25, -0.2) is 0 Å². The molecule has 1 aromatic heterocycles. The molecule has 0 bridgehead atoms. The molecule has 1 spiro atoms. The van der Waals surface area contributed by atoms with E-state index in [1.807, 2.05) is 24.0 Å². The molecule has 0 N–H and O–H groups in total. The van der Waals surface area contributed by atoms with Crippen LogP contribution in [0.5, 0.6) is 0 Å². The summed E-state index contributed by atoms with van der Waals surface area (Å²) in [5, 5.41) is 0. The van der Waals surface area contributed by atoms with Gasteiger partial charge in [-0.1, -0.05) is 0 Å². The van der Waals surface area contributed by atoms with E-state index in [0.29, 0.717) is 5.56 Å². The number of amides is 1. The molecule has 5 nitrogen and oxygen atoms in total. The molecule has 25 heavy (non-hydrogen) atoms. The highest BCUT2D eigenvalue weighted by Crippen LogP contribution is 2.42. The van der Waals surface area contributed by atoms with Gasteiger partial charge >= 0.3 is 0 Å². The van der Waals surface area contributed by atoms with Gasteiger partial charge in [0.05, 0.1) is 24.9 Å². The molecule has 2 aliphatic heterocycles. The molecule has 3 aliphatic rings. The van der Waals surface area contributed by atoms with Crippen molar-refractivity contribution >= 4 is 5.91 Å². The first-order valence-corrected chi connectivity index (χ1v) is 9.55. The lowest BCUT2D eigenvalue weighted by Crippen LogP contribution is -2.43. The molecule has 4 rings (SSSR count). The SMILES string of the molecule is Cc1ccc(C(=O)N2CCC3(CC2)COC(COCC2CC2)C3)cn1. The van der Waals surface area contributed by atoms with Crippen LogP contribution in [0, 0.1) is 18.3 Å². The summed E-state index contributed by atoms with van der Waals surface area (Å²) in [6.07, 6.45) is 7.71. The third-order valence-corrected chi connectivity index (χ3v) is 5.91. The van der Waals surface area contributed by atoms with Gasteiger partial charge in [-0.2, -0.15) is 0 Å². The number of aromatic nitrogens is 1. The molecule has 2 saturated heterocycles. The zero-order chi connectivity index (χ0) is 17.3. The Bertz CT molecular complexity index is 604. The van der Waals surface area contributed by atoms with Gasteiger partial charge in [0, 0.05) is 31.6 Å². The van der Waals surface area contributed by atoms with Crippen LogP contribution in [0.4, 0.5) is 0 Å². The van der Waals surface area contributed by atoms with Crippen molar-refractivity contribution in [3.05, 3.63) is 29.6 Å². The quantitative estimate of drug-likeness (QED) is 0.824. The van der Waals surface area contributed by atoms with E-state index in [1.165, 1.54) is 12.8 Å². The molecule has 0 aromatic carbocycles. The number of rotatable bonds is 5. The second-order valence-electron chi connectivity index (χ2n) is 8.10. The van der Waals surface area contributed by atoms with E-state index in [9.17, 15) is 4.79 Å². The van der Waals surface area contributed by atoms with Crippen molar-refractivity contribution in [3.63, 3.8) is 0 Å². The topological polar surface area (TPSA) is 51.7 Å². The highest BCUT2D eigenvalue weighted by Gasteiger charge is 2.43. The number of likely N-dealkylation sites (tertiary alicyclic amines) is 1. The second-order valence-corrected chi connectivity index (χ2v) is 8.10. The van der Waals surface area contributed by atoms with Crippen LogP contribution in [0.1, 0.15) is 48.2 Å². The Kier molecular flexibility index (Phi) is 4.78. The highest BCUT2D eigenvalue weighted by molar-refractivity contribution is 5.94. The third kappa shape index (κ3) is 4.04. The van der Waals surface area contributed by atoms with E-state index < -0.39 is 0 Å². The van der Waals surface area contributed by atoms with Crippen molar-refractivity contribution < 1.29 is 14.3 Å². The van der Waals surface area contributed by atoms with Gasteiger partial charge in [0.1, 0.15) is 0 Å². The second kappa shape index (κ2) is 7.04. The molecular weight excluding hydrogens is 316 g/mol. The Morgan fingerprint density at radius 2 is 2.12 bits per heavy atom. The average Bonchev–Trinajstić information content (AvgIpc) is 3.37. The molecule has 136 valence electrons. The van der Waals surface area contributed by atoms with Crippen molar-refractivity contribution in [3.8, 4) is 0 Å². The number of aryl methyl sites for hydroxylation is 1. The maximum atomic E-state index is 12.6. The van der Waals surface area contributed by atoms with Gasteiger partial charge in [-0.3, -0.25) is 9.78 Å². The molecule has 0 radical (unpaired) electrons. The smallest absolute Gasteiger partial charge is 0.255 e. The van der Waals surface area contributed by atoms with E-state index >= 15 is 0 Å². The van der Waals surface area contributed by atoms with E-state index in [-0.39, 0.29) is 17.4 Å². The largest absolute Gasteiger partial charge is 0.378 e. The minimum atomic E-state index is 0.102. The lowest BCUT2D eigenvalue weighted by molar-refractivity contribution is 0.00938. The fourth-order valence-corrected chi connectivity index (χ4v) is 3.96. The van der Waals surface area contributed by atoms with Crippen LogP contribution in [-0.4, -0.2) is 54.8 Å². The lowest BCUT2D eigenvalue weighted by Gasteiger charge is -2.38. The highest BCUT2D eigenvalue weighted by atomic mass is 16.5. The summed E-state index contributed by atoms with van der Waals surface area (Å²) in [7, 11) is 0. The van der Waals surface area contributed by atoms with Crippen LogP contribution in [0.3, 0.4) is 0 Å². The van der Waals surface area contributed by atoms with Crippen molar-refractivity contribution in [2.45, 2.75) is 45.1 Å². The molecular formula is C20H28N2O3. The Balaban J connectivity index is 1.26. The first kappa shape index (κ1) is 17.0. The van der Waals surface area contributed by atoms with E-state index in [0.717, 1.165) is 63.8 Å². The molecule has 1 aromatic rings. The summed E-state index contributed by atoms with van der Waals surface area (Å²) < 4.78 is 11.8. The summed E-state index contributed by atoms with van der Waals surface area (Å²) in [5.41, 5.74) is 1.87. The predicted molar refractivity (Wildman–Crippen MR) is 94.4 cm³/mol. The van der Waals surface area contributed by atoms with Gasteiger partial charge in [0.2, 0.25) is 0 Å². The molecule has 1 unspecified atom stereocenters. The number of carbonyl (C=O) groups excluding carboxylic acids is 1. The van der Waals surface area contributed by atoms with E-state index in [1.54, 1.807) is 6.20 Å². The summed E-state index contributed by atoms with van der Waals surface area (Å²) in [6, 6.07) is 3.77.